The lowest BCUT2D eigenvalue weighted by atomic mass is 9.97. The second-order valence-corrected chi connectivity index (χ2v) is 4.71. The summed E-state index contributed by atoms with van der Waals surface area (Å²) in [5, 5.41) is 5.83. The molecule has 4 heteroatoms. The van der Waals surface area contributed by atoms with Crippen molar-refractivity contribution in [3.8, 4) is 0 Å². The van der Waals surface area contributed by atoms with Gasteiger partial charge in [-0.25, -0.2) is 4.39 Å². The third-order valence-corrected chi connectivity index (χ3v) is 3.23. The maximum absolute atomic E-state index is 13.5. The van der Waals surface area contributed by atoms with Crippen LogP contribution in [0.5, 0.6) is 0 Å². The first kappa shape index (κ1) is 12.0. The standard InChI is InChI=1S/C13H17FN2O/c1-8-3-4-11(14)12(5-8)16-13(17)10-7-15-6-9(10)2/h3-5,9-10,15H,6-7H2,1-2H3,(H,16,17). The van der Waals surface area contributed by atoms with Crippen molar-refractivity contribution in [3.05, 3.63) is 29.6 Å². The summed E-state index contributed by atoms with van der Waals surface area (Å²) in [7, 11) is 0. The molecule has 1 heterocycles. The number of nitrogens with one attached hydrogen (secondary N) is 2. The van der Waals surface area contributed by atoms with E-state index in [-0.39, 0.29) is 23.3 Å². The fraction of sp³-hybridized carbons (Fsp3) is 0.462. The molecule has 0 bridgehead atoms. The summed E-state index contributed by atoms with van der Waals surface area (Å²) in [6.45, 7) is 5.40. The molecular weight excluding hydrogens is 219 g/mol. The van der Waals surface area contributed by atoms with Crippen LogP contribution < -0.4 is 10.6 Å². The molecule has 2 N–H and O–H groups in total. The minimum Gasteiger partial charge on any atom is -0.323 e. The fourth-order valence-electron chi connectivity index (χ4n) is 2.12. The highest BCUT2D eigenvalue weighted by atomic mass is 19.1. The second-order valence-electron chi connectivity index (χ2n) is 4.71. The maximum atomic E-state index is 13.5. The largest absolute Gasteiger partial charge is 0.323 e. The molecule has 1 aliphatic heterocycles. The van der Waals surface area contributed by atoms with E-state index in [1.165, 1.54) is 6.07 Å². The van der Waals surface area contributed by atoms with Gasteiger partial charge < -0.3 is 10.6 Å². The van der Waals surface area contributed by atoms with Crippen LogP contribution in [0, 0.1) is 24.6 Å². The molecule has 0 radical (unpaired) electrons. The number of rotatable bonds is 2. The Hall–Kier alpha value is -1.42. The van der Waals surface area contributed by atoms with Gasteiger partial charge in [-0.2, -0.15) is 0 Å². The summed E-state index contributed by atoms with van der Waals surface area (Å²) in [6, 6.07) is 4.71. The second kappa shape index (κ2) is 4.84. The first-order valence-corrected chi connectivity index (χ1v) is 5.85. The van der Waals surface area contributed by atoms with Gasteiger partial charge in [0.2, 0.25) is 5.91 Å². The average molecular weight is 236 g/mol. The van der Waals surface area contributed by atoms with E-state index in [0.29, 0.717) is 12.5 Å². The summed E-state index contributed by atoms with van der Waals surface area (Å²) in [5.74, 6) is -0.271. The Morgan fingerprint density at radius 2 is 2.24 bits per heavy atom. The molecule has 1 fully saturated rings. The van der Waals surface area contributed by atoms with Gasteiger partial charge in [-0.3, -0.25) is 4.79 Å². The first-order chi connectivity index (χ1) is 8.08. The zero-order valence-corrected chi connectivity index (χ0v) is 10.1. The van der Waals surface area contributed by atoms with Crippen LogP contribution in [-0.4, -0.2) is 19.0 Å². The Morgan fingerprint density at radius 3 is 2.88 bits per heavy atom. The van der Waals surface area contributed by atoms with Gasteiger partial charge in [-0.1, -0.05) is 13.0 Å². The number of hydrogen-bond acceptors (Lipinski definition) is 2. The number of aryl methyl sites for hydroxylation is 1. The van der Waals surface area contributed by atoms with E-state index in [2.05, 4.69) is 10.6 Å². The lowest BCUT2D eigenvalue weighted by Gasteiger charge is -2.14. The Balaban J connectivity index is 2.10. The molecule has 1 aromatic rings. The molecule has 1 aliphatic rings. The van der Waals surface area contributed by atoms with Crippen LogP contribution in [0.4, 0.5) is 10.1 Å². The third-order valence-electron chi connectivity index (χ3n) is 3.23. The van der Waals surface area contributed by atoms with E-state index in [9.17, 15) is 9.18 Å². The summed E-state index contributed by atoms with van der Waals surface area (Å²) in [5.41, 5.74) is 1.20. The summed E-state index contributed by atoms with van der Waals surface area (Å²) < 4.78 is 13.5. The van der Waals surface area contributed by atoms with Crippen LogP contribution in [-0.2, 0) is 4.79 Å². The van der Waals surface area contributed by atoms with Crippen molar-refractivity contribution in [2.24, 2.45) is 11.8 Å². The predicted octanol–water partition coefficient (Wildman–Crippen LogP) is 1.93. The van der Waals surface area contributed by atoms with Gasteiger partial charge in [0.05, 0.1) is 11.6 Å². The normalized spacial score (nSPS) is 23.7. The van der Waals surface area contributed by atoms with Gasteiger partial charge in [0.15, 0.2) is 0 Å². The SMILES string of the molecule is Cc1ccc(F)c(NC(=O)C2CNCC2C)c1. The number of amides is 1. The molecule has 92 valence electrons. The van der Waals surface area contributed by atoms with Crippen LogP contribution in [0.25, 0.3) is 0 Å². The molecule has 3 nitrogen and oxygen atoms in total. The summed E-state index contributed by atoms with van der Waals surface area (Å²) in [4.78, 5) is 12.0. The molecule has 1 aromatic carbocycles. The van der Waals surface area contributed by atoms with Crippen molar-refractivity contribution in [3.63, 3.8) is 0 Å². The van der Waals surface area contributed by atoms with Gasteiger partial charge in [0, 0.05) is 6.54 Å². The fourth-order valence-corrected chi connectivity index (χ4v) is 2.12. The van der Waals surface area contributed by atoms with Crippen LogP contribution in [0.1, 0.15) is 12.5 Å². The van der Waals surface area contributed by atoms with E-state index >= 15 is 0 Å². The van der Waals surface area contributed by atoms with E-state index in [1.54, 1.807) is 12.1 Å². The molecule has 0 saturated carbocycles. The number of carbonyl (C=O) groups excluding carboxylic acids is 1. The minimum absolute atomic E-state index is 0.0742. The molecule has 0 aromatic heterocycles. The van der Waals surface area contributed by atoms with E-state index in [4.69, 9.17) is 0 Å². The molecule has 1 amide bonds. The van der Waals surface area contributed by atoms with E-state index < -0.39 is 0 Å². The van der Waals surface area contributed by atoms with Crippen molar-refractivity contribution in [1.29, 1.82) is 0 Å². The first-order valence-electron chi connectivity index (χ1n) is 5.85. The maximum Gasteiger partial charge on any atom is 0.229 e. The molecule has 0 spiro atoms. The van der Waals surface area contributed by atoms with Crippen molar-refractivity contribution in [2.45, 2.75) is 13.8 Å². The molecule has 2 unspecified atom stereocenters. The molecule has 1 saturated heterocycles. The molecular formula is C13H17FN2O. The zero-order chi connectivity index (χ0) is 12.4. The molecule has 2 atom stereocenters. The van der Waals surface area contributed by atoms with Crippen molar-refractivity contribution >= 4 is 11.6 Å². The van der Waals surface area contributed by atoms with Crippen LogP contribution in [0.3, 0.4) is 0 Å². The van der Waals surface area contributed by atoms with Gasteiger partial charge in [-0.05, 0) is 37.1 Å². The number of carbonyl (C=O) groups is 1. The van der Waals surface area contributed by atoms with Gasteiger partial charge in [0.1, 0.15) is 5.82 Å². The minimum atomic E-state index is -0.387. The molecule has 0 aliphatic carbocycles. The number of hydrogen-bond donors (Lipinski definition) is 2. The predicted molar refractivity (Wildman–Crippen MR) is 65.3 cm³/mol. The van der Waals surface area contributed by atoms with Gasteiger partial charge >= 0.3 is 0 Å². The van der Waals surface area contributed by atoms with Gasteiger partial charge in [0.25, 0.3) is 0 Å². The lowest BCUT2D eigenvalue weighted by Crippen LogP contribution is -2.28. The van der Waals surface area contributed by atoms with Gasteiger partial charge in [-0.15, -0.1) is 0 Å². The Morgan fingerprint density at radius 1 is 1.47 bits per heavy atom. The lowest BCUT2D eigenvalue weighted by molar-refractivity contribution is -0.120. The molecule has 17 heavy (non-hydrogen) atoms. The van der Waals surface area contributed by atoms with Crippen LogP contribution >= 0.6 is 0 Å². The summed E-state index contributed by atoms with van der Waals surface area (Å²) >= 11 is 0. The highest BCUT2D eigenvalue weighted by Crippen LogP contribution is 2.20. The van der Waals surface area contributed by atoms with Crippen molar-refractivity contribution in [1.82, 2.24) is 5.32 Å². The highest BCUT2D eigenvalue weighted by Gasteiger charge is 2.29. The van der Waals surface area contributed by atoms with Crippen molar-refractivity contribution in [2.75, 3.05) is 18.4 Å². The van der Waals surface area contributed by atoms with E-state index in [0.717, 1.165) is 12.1 Å². The Kier molecular flexibility index (Phi) is 3.43. The molecule has 2 rings (SSSR count). The topological polar surface area (TPSA) is 41.1 Å². The number of anilines is 1. The average Bonchev–Trinajstić information content (AvgIpc) is 2.70. The number of benzene rings is 1. The summed E-state index contributed by atoms with van der Waals surface area (Å²) in [6.07, 6.45) is 0. The van der Waals surface area contributed by atoms with Crippen LogP contribution in [0.2, 0.25) is 0 Å². The quantitative estimate of drug-likeness (QED) is 0.823. The van der Waals surface area contributed by atoms with Crippen molar-refractivity contribution < 1.29 is 9.18 Å². The van der Waals surface area contributed by atoms with E-state index in [1.807, 2.05) is 13.8 Å². The Bertz CT molecular complexity index is 433. The smallest absolute Gasteiger partial charge is 0.229 e. The van der Waals surface area contributed by atoms with Crippen LogP contribution in [0.15, 0.2) is 18.2 Å². The third kappa shape index (κ3) is 2.64. The monoisotopic (exact) mass is 236 g/mol. The Labute approximate surface area is 100 Å². The highest BCUT2D eigenvalue weighted by molar-refractivity contribution is 5.93. The zero-order valence-electron chi connectivity index (χ0n) is 10.1. The number of halogens is 1.